The van der Waals surface area contributed by atoms with Crippen molar-refractivity contribution in [1.29, 1.82) is 0 Å². The van der Waals surface area contributed by atoms with Gasteiger partial charge in [-0.2, -0.15) is 0 Å². The fourth-order valence-electron chi connectivity index (χ4n) is 2.23. The van der Waals surface area contributed by atoms with Crippen LogP contribution in [0.1, 0.15) is 10.4 Å². The highest BCUT2D eigenvalue weighted by molar-refractivity contribution is 9.10. The Bertz CT molecular complexity index is 865. The molecule has 3 aromatic rings. The zero-order chi connectivity index (χ0) is 17.6. The maximum Gasteiger partial charge on any atom is 0.257 e. The van der Waals surface area contributed by atoms with Gasteiger partial charge in [0.25, 0.3) is 5.91 Å². The first kappa shape index (κ1) is 17.0. The van der Waals surface area contributed by atoms with Gasteiger partial charge >= 0.3 is 0 Å². The summed E-state index contributed by atoms with van der Waals surface area (Å²) in [4.78, 5) is 16.6. The van der Waals surface area contributed by atoms with Crippen LogP contribution in [-0.2, 0) is 0 Å². The molecule has 1 amide bonds. The van der Waals surface area contributed by atoms with Crippen LogP contribution in [0.4, 0.5) is 17.2 Å². The lowest BCUT2D eigenvalue weighted by molar-refractivity contribution is 0.102. The minimum absolute atomic E-state index is 0.243. The summed E-state index contributed by atoms with van der Waals surface area (Å²) in [6.45, 7) is 0. The van der Waals surface area contributed by atoms with Crippen LogP contribution in [0.25, 0.3) is 0 Å². The van der Waals surface area contributed by atoms with E-state index in [0.29, 0.717) is 22.8 Å². The molecule has 0 fully saturated rings. The predicted molar refractivity (Wildman–Crippen MR) is 103 cm³/mol. The van der Waals surface area contributed by atoms with E-state index in [1.165, 1.54) is 6.20 Å². The maximum atomic E-state index is 12.4. The molecule has 126 valence electrons. The SMILES string of the molecule is COc1ccccc1NC(=O)c1ccc(Nc2ccc(Br)cc2)nc1. The van der Waals surface area contributed by atoms with E-state index in [2.05, 4.69) is 31.5 Å². The molecule has 0 unspecified atom stereocenters. The maximum absolute atomic E-state index is 12.4. The molecule has 0 aliphatic rings. The number of carbonyl (C=O) groups is 1. The van der Waals surface area contributed by atoms with Crippen molar-refractivity contribution in [2.45, 2.75) is 0 Å². The summed E-state index contributed by atoms with van der Waals surface area (Å²) in [6.07, 6.45) is 1.53. The van der Waals surface area contributed by atoms with Gasteiger partial charge in [0, 0.05) is 16.4 Å². The van der Waals surface area contributed by atoms with E-state index < -0.39 is 0 Å². The number of anilines is 3. The van der Waals surface area contributed by atoms with Gasteiger partial charge in [-0.1, -0.05) is 28.1 Å². The lowest BCUT2D eigenvalue weighted by atomic mass is 10.2. The van der Waals surface area contributed by atoms with Crippen molar-refractivity contribution in [2.75, 3.05) is 17.7 Å². The van der Waals surface area contributed by atoms with E-state index in [-0.39, 0.29) is 5.91 Å². The van der Waals surface area contributed by atoms with Crippen LogP contribution in [0.5, 0.6) is 5.75 Å². The number of para-hydroxylation sites is 2. The van der Waals surface area contributed by atoms with E-state index >= 15 is 0 Å². The number of rotatable bonds is 5. The number of amides is 1. The molecule has 25 heavy (non-hydrogen) atoms. The topological polar surface area (TPSA) is 63.2 Å². The molecule has 0 saturated carbocycles. The quantitative estimate of drug-likeness (QED) is 0.645. The zero-order valence-electron chi connectivity index (χ0n) is 13.5. The van der Waals surface area contributed by atoms with Crippen molar-refractivity contribution in [3.8, 4) is 5.75 Å². The summed E-state index contributed by atoms with van der Waals surface area (Å²) in [5.41, 5.74) is 2.00. The van der Waals surface area contributed by atoms with Gasteiger partial charge in [0.05, 0.1) is 18.4 Å². The number of ether oxygens (including phenoxy) is 1. The second-order valence-electron chi connectivity index (χ2n) is 5.22. The van der Waals surface area contributed by atoms with Crippen LogP contribution in [-0.4, -0.2) is 18.0 Å². The first-order valence-electron chi connectivity index (χ1n) is 7.59. The zero-order valence-corrected chi connectivity index (χ0v) is 15.1. The van der Waals surface area contributed by atoms with E-state index in [4.69, 9.17) is 4.74 Å². The number of nitrogens with one attached hydrogen (secondary N) is 2. The van der Waals surface area contributed by atoms with Gasteiger partial charge in [-0.25, -0.2) is 4.98 Å². The fraction of sp³-hybridized carbons (Fsp3) is 0.0526. The minimum Gasteiger partial charge on any atom is -0.495 e. The van der Waals surface area contributed by atoms with Crippen LogP contribution in [0.15, 0.2) is 71.3 Å². The molecule has 0 radical (unpaired) electrons. The minimum atomic E-state index is -0.243. The Morgan fingerprint density at radius 3 is 2.48 bits per heavy atom. The summed E-state index contributed by atoms with van der Waals surface area (Å²) in [5, 5.41) is 6.01. The van der Waals surface area contributed by atoms with E-state index in [1.807, 2.05) is 36.4 Å². The van der Waals surface area contributed by atoms with Crippen LogP contribution in [0.2, 0.25) is 0 Å². The lowest BCUT2D eigenvalue weighted by Crippen LogP contribution is -2.13. The van der Waals surface area contributed by atoms with Crippen molar-refractivity contribution in [3.63, 3.8) is 0 Å². The molecule has 1 heterocycles. The number of nitrogens with zero attached hydrogens (tertiary/aromatic N) is 1. The number of aromatic nitrogens is 1. The molecule has 3 rings (SSSR count). The first-order valence-corrected chi connectivity index (χ1v) is 8.38. The average Bonchev–Trinajstić information content (AvgIpc) is 2.64. The molecule has 0 atom stereocenters. The second-order valence-corrected chi connectivity index (χ2v) is 6.13. The first-order chi connectivity index (χ1) is 12.2. The normalized spacial score (nSPS) is 10.2. The van der Waals surface area contributed by atoms with Crippen molar-refractivity contribution in [1.82, 2.24) is 4.98 Å². The molecule has 2 N–H and O–H groups in total. The summed E-state index contributed by atoms with van der Waals surface area (Å²) < 4.78 is 6.24. The Morgan fingerprint density at radius 2 is 1.80 bits per heavy atom. The van der Waals surface area contributed by atoms with Crippen molar-refractivity contribution < 1.29 is 9.53 Å². The van der Waals surface area contributed by atoms with E-state index in [9.17, 15) is 4.79 Å². The smallest absolute Gasteiger partial charge is 0.257 e. The van der Waals surface area contributed by atoms with Crippen LogP contribution in [0.3, 0.4) is 0 Å². The molecular formula is C19H16BrN3O2. The number of methoxy groups -OCH3 is 1. The van der Waals surface area contributed by atoms with E-state index in [1.54, 1.807) is 31.4 Å². The highest BCUT2D eigenvalue weighted by Gasteiger charge is 2.10. The Kier molecular flexibility index (Phi) is 5.30. The number of hydrogen-bond donors (Lipinski definition) is 2. The molecule has 0 aliphatic heterocycles. The summed E-state index contributed by atoms with van der Waals surface area (Å²) in [7, 11) is 1.56. The fourth-order valence-corrected chi connectivity index (χ4v) is 2.49. The predicted octanol–water partition coefficient (Wildman–Crippen LogP) is 4.85. The van der Waals surface area contributed by atoms with Gasteiger partial charge in [-0.3, -0.25) is 4.79 Å². The highest BCUT2D eigenvalue weighted by Crippen LogP contribution is 2.24. The van der Waals surface area contributed by atoms with Gasteiger partial charge in [0.1, 0.15) is 11.6 Å². The Labute approximate surface area is 154 Å². The molecule has 2 aromatic carbocycles. The molecule has 5 nitrogen and oxygen atoms in total. The molecule has 1 aromatic heterocycles. The summed E-state index contributed by atoms with van der Waals surface area (Å²) in [5.74, 6) is 1.03. The molecule has 0 saturated heterocycles. The number of pyridine rings is 1. The summed E-state index contributed by atoms with van der Waals surface area (Å²) >= 11 is 3.40. The Morgan fingerprint density at radius 1 is 1.04 bits per heavy atom. The molecule has 6 heteroatoms. The number of carbonyl (C=O) groups excluding carboxylic acids is 1. The van der Waals surface area contributed by atoms with Crippen molar-refractivity contribution in [2.24, 2.45) is 0 Å². The summed E-state index contributed by atoms with van der Waals surface area (Å²) in [6, 6.07) is 18.5. The average molecular weight is 398 g/mol. The van der Waals surface area contributed by atoms with Crippen LogP contribution < -0.4 is 15.4 Å². The lowest BCUT2D eigenvalue weighted by Gasteiger charge is -2.10. The van der Waals surface area contributed by atoms with Gasteiger partial charge in [0.2, 0.25) is 0 Å². The largest absolute Gasteiger partial charge is 0.495 e. The van der Waals surface area contributed by atoms with E-state index in [0.717, 1.165) is 10.2 Å². The Balaban J connectivity index is 1.69. The monoisotopic (exact) mass is 397 g/mol. The second kappa shape index (κ2) is 7.81. The van der Waals surface area contributed by atoms with Gasteiger partial charge in [-0.15, -0.1) is 0 Å². The van der Waals surface area contributed by atoms with Crippen molar-refractivity contribution >= 4 is 39.0 Å². The standard InChI is InChI=1S/C19H16BrN3O2/c1-25-17-5-3-2-4-16(17)23-19(24)13-6-11-18(21-12-13)22-15-9-7-14(20)8-10-15/h2-12H,1H3,(H,21,22)(H,23,24). The number of benzene rings is 2. The van der Waals surface area contributed by atoms with Gasteiger partial charge in [0.15, 0.2) is 0 Å². The molecule has 0 aliphatic carbocycles. The van der Waals surface area contributed by atoms with Gasteiger partial charge in [-0.05, 0) is 48.5 Å². The molecule has 0 bridgehead atoms. The van der Waals surface area contributed by atoms with Crippen LogP contribution in [0, 0.1) is 0 Å². The highest BCUT2D eigenvalue weighted by atomic mass is 79.9. The number of halogens is 1. The van der Waals surface area contributed by atoms with Gasteiger partial charge < -0.3 is 15.4 Å². The molecular weight excluding hydrogens is 382 g/mol. The number of hydrogen-bond acceptors (Lipinski definition) is 4. The molecule has 0 spiro atoms. The third-order valence-electron chi connectivity index (χ3n) is 3.50. The third kappa shape index (κ3) is 4.36. The Hall–Kier alpha value is -2.86. The third-order valence-corrected chi connectivity index (χ3v) is 4.03. The van der Waals surface area contributed by atoms with Crippen molar-refractivity contribution in [3.05, 3.63) is 76.9 Å². The van der Waals surface area contributed by atoms with Crippen LogP contribution >= 0.6 is 15.9 Å².